The topological polar surface area (TPSA) is 0 Å². The third-order valence-electron chi connectivity index (χ3n) is 2.83. The van der Waals surface area contributed by atoms with Crippen LogP contribution in [0.1, 0.15) is 19.4 Å². The summed E-state index contributed by atoms with van der Waals surface area (Å²) < 4.78 is 1.24. The van der Waals surface area contributed by atoms with Crippen molar-refractivity contribution in [2.24, 2.45) is 0 Å². The maximum atomic E-state index is 5.54. The molecule has 0 nitrogen and oxygen atoms in total. The van der Waals surface area contributed by atoms with Crippen molar-refractivity contribution in [3.05, 3.63) is 72.3 Å². The molecule has 21 heavy (non-hydrogen) atoms. The van der Waals surface area contributed by atoms with Gasteiger partial charge in [-0.2, -0.15) is 29.8 Å². The largest absolute Gasteiger partial charge is 0.214 e. The fourth-order valence-corrected chi connectivity index (χ4v) is 1.63. The quantitative estimate of drug-likeness (QED) is 0.385. The molecule has 3 aromatic carbocycles. The summed E-state index contributed by atoms with van der Waals surface area (Å²) in [6, 6.07) is 22.8. The van der Waals surface area contributed by atoms with Crippen molar-refractivity contribution in [2.75, 3.05) is 0 Å². The third-order valence-corrected chi connectivity index (χ3v) is 9.16. The SMILES string of the molecule is C[C](C)=[Zr]([Cl])[Cl].Cc1c[cH-]c2ccccc12.c1cc[cH-]c1. The summed E-state index contributed by atoms with van der Waals surface area (Å²) in [6.45, 7) is 6.10. The molecule has 0 aliphatic carbocycles. The zero-order chi connectivity index (χ0) is 15.7. The Morgan fingerprint density at radius 1 is 1.00 bits per heavy atom. The molecule has 0 unspecified atom stereocenters. The average Bonchev–Trinajstić information content (AvgIpc) is 3.14. The Labute approximate surface area is 142 Å². The summed E-state index contributed by atoms with van der Waals surface area (Å²) in [7, 11) is 11.1. The second-order valence-electron chi connectivity index (χ2n) is 4.83. The molecule has 0 amide bonds. The fourth-order valence-electron chi connectivity index (χ4n) is 1.63. The van der Waals surface area contributed by atoms with E-state index in [1.807, 2.05) is 44.2 Å². The van der Waals surface area contributed by atoms with Gasteiger partial charge in [-0.05, 0) is 0 Å². The predicted molar refractivity (Wildman–Crippen MR) is 94.4 cm³/mol. The molecule has 0 aliphatic rings. The summed E-state index contributed by atoms with van der Waals surface area (Å²) in [5, 5.41) is 2.72. The van der Waals surface area contributed by atoms with Crippen molar-refractivity contribution in [1.82, 2.24) is 0 Å². The number of benzene rings is 1. The second kappa shape index (κ2) is 10.3. The smallest absolute Gasteiger partial charge is 0.0809 e. The van der Waals surface area contributed by atoms with Crippen LogP contribution in [-0.4, -0.2) is 3.21 Å². The summed E-state index contributed by atoms with van der Waals surface area (Å²) in [5.74, 6) is 0. The van der Waals surface area contributed by atoms with Crippen LogP contribution in [0.2, 0.25) is 0 Å². The number of fused-ring (bicyclic) bond motifs is 1. The number of hydrogen-bond donors (Lipinski definition) is 0. The van der Waals surface area contributed by atoms with Gasteiger partial charge in [-0.3, -0.25) is 0 Å². The Morgan fingerprint density at radius 2 is 1.57 bits per heavy atom. The van der Waals surface area contributed by atoms with E-state index in [0.29, 0.717) is 0 Å². The van der Waals surface area contributed by atoms with Gasteiger partial charge in [-0.25, -0.2) is 12.1 Å². The van der Waals surface area contributed by atoms with Gasteiger partial charge in [-0.15, -0.1) is 35.0 Å². The molecule has 3 aromatic rings. The molecule has 0 aromatic heterocycles. The van der Waals surface area contributed by atoms with Gasteiger partial charge in [-0.1, -0.05) is 13.0 Å². The molecule has 0 aliphatic heterocycles. The van der Waals surface area contributed by atoms with E-state index < -0.39 is 18.9 Å². The van der Waals surface area contributed by atoms with E-state index in [9.17, 15) is 0 Å². The van der Waals surface area contributed by atoms with Gasteiger partial charge in [0.15, 0.2) is 0 Å². The van der Waals surface area contributed by atoms with Crippen LogP contribution in [-0.2, 0) is 18.9 Å². The van der Waals surface area contributed by atoms with Crippen LogP contribution in [0.25, 0.3) is 10.8 Å². The Bertz CT molecular complexity index is 628. The molecular formula is C18H20Cl2Zr-2. The van der Waals surface area contributed by atoms with Crippen molar-refractivity contribution in [3.8, 4) is 0 Å². The Hall–Kier alpha value is -0.487. The van der Waals surface area contributed by atoms with E-state index in [1.165, 1.54) is 19.5 Å². The third kappa shape index (κ3) is 7.36. The molecule has 0 bridgehead atoms. The van der Waals surface area contributed by atoms with Crippen LogP contribution in [0.5, 0.6) is 0 Å². The molecule has 0 saturated heterocycles. The molecule has 3 heteroatoms. The molecule has 0 heterocycles. The molecule has 0 radical (unpaired) electrons. The van der Waals surface area contributed by atoms with Crippen molar-refractivity contribution in [2.45, 2.75) is 20.8 Å². The minimum atomic E-state index is -1.84. The van der Waals surface area contributed by atoms with Crippen molar-refractivity contribution < 1.29 is 18.9 Å². The maximum Gasteiger partial charge on any atom is -0.0809 e. The predicted octanol–water partition coefficient (Wildman–Crippen LogP) is 6.40. The van der Waals surface area contributed by atoms with E-state index in [0.717, 1.165) is 0 Å². The van der Waals surface area contributed by atoms with Crippen LogP contribution in [0.3, 0.4) is 0 Å². The Morgan fingerprint density at radius 3 is 2.00 bits per heavy atom. The van der Waals surface area contributed by atoms with Crippen LogP contribution in [0, 0.1) is 6.92 Å². The summed E-state index contributed by atoms with van der Waals surface area (Å²) in [6.07, 6.45) is 0. The number of rotatable bonds is 0. The fraction of sp³-hybridized carbons (Fsp3) is 0.167. The number of halogens is 2. The molecule has 112 valence electrons. The van der Waals surface area contributed by atoms with Crippen molar-refractivity contribution >= 4 is 31.0 Å². The first-order valence-electron chi connectivity index (χ1n) is 6.78. The first kappa shape index (κ1) is 18.6. The summed E-state index contributed by atoms with van der Waals surface area (Å²) in [5.41, 5.74) is 1.37. The number of aryl methyl sites for hydroxylation is 1. The van der Waals surface area contributed by atoms with Crippen molar-refractivity contribution in [1.29, 1.82) is 0 Å². The first-order chi connectivity index (χ1) is 10.0. The molecule has 0 N–H and O–H groups in total. The van der Waals surface area contributed by atoms with Crippen molar-refractivity contribution in [3.63, 3.8) is 0 Å². The Balaban J connectivity index is 0.000000173. The standard InChI is InChI=1S/C10H9.C5H5.C3H6.2ClH.Zr/c1-8-6-7-9-4-2-3-5-10(8)9;1-2-4-5-3-1;1-3-2;;;/h2-7H,1H3;1-5H;1-2H3;2*1H;/q2*-1;;;;+2/p-2. The van der Waals surface area contributed by atoms with Gasteiger partial charge in [0.05, 0.1) is 0 Å². The summed E-state index contributed by atoms with van der Waals surface area (Å²) >= 11 is -1.84. The minimum absolute atomic E-state index is 1.24. The van der Waals surface area contributed by atoms with Gasteiger partial charge in [0.2, 0.25) is 0 Å². The van der Waals surface area contributed by atoms with Gasteiger partial charge >= 0.3 is 53.0 Å². The Kier molecular flexibility index (Phi) is 9.08. The van der Waals surface area contributed by atoms with E-state index in [-0.39, 0.29) is 0 Å². The molecule has 3 rings (SSSR count). The van der Waals surface area contributed by atoms with E-state index in [4.69, 9.17) is 17.0 Å². The van der Waals surface area contributed by atoms with E-state index in [1.54, 1.807) is 0 Å². The normalized spacial score (nSPS) is 9.19. The summed E-state index contributed by atoms with van der Waals surface area (Å²) in [4.78, 5) is 0. The zero-order valence-corrected chi connectivity index (χ0v) is 16.6. The van der Waals surface area contributed by atoms with Crippen LogP contribution < -0.4 is 0 Å². The van der Waals surface area contributed by atoms with Gasteiger partial charge in [0.1, 0.15) is 0 Å². The monoisotopic (exact) mass is 396 g/mol. The van der Waals surface area contributed by atoms with Crippen LogP contribution in [0.15, 0.2) is 66.7 Å². The van der Waals surface area contributed by atoms with E-state index >= 15 is 0 Å². The average molecular weight is 398 g/mol. The molecule has 0 atom stereocenters. The molecule has 0 spiro atoms. The van der Waals surface area contributed by atoms with Crippen LogP contribution in [0.4, 0.5) is 0 Å². The van der Waals surface area contributed by atoms with E-state index in [2.05, 4.69) is 43.3 Å². The van der Waals surface area contributed by atoms with Gasteiger partial charge in [0.25, 0.3) is 0 Å². The van der Waals surface area contributed by atoms with Gasteiger partial charge < -0.3 is 0 Å². The minimum Gasteiger partial charge on any atom is -0.214 e. The zero-order valence-electron chi connectivity index (χ0n) is 12.6. The first-order valence-corrected chi connectivity index (χ1v) is 14.3. The maximum absolute atomic E-state index is 5.54. The van der Waals surface area contributed by atoms with Gasteiger partial charge in [0, 0.05) is 0 Å². The van der Waals surface area contributed by atoms with Crippen LogP contribution >= 0.6 is 17.0 Å². The number of hydrogen-bond acceptors (Lipinski definition) is 0. The molecule has 0 saturated carbocycles. The molecule has 0 fully saturated rings. The molecular weight excluding hydrogens is 378 g/mol. The second-order valence-corrected chi connectivity index (χ2v) is 14.2.